The Hall–Kier alpha value is -1.61. The first-order chi connectivity index (χ1) is 8.24. The highest BCUT2D eigenvalue weighted by molar-refractivity contribution is 7.09. The molecular formula is C14H14O2S. The van der Waals surface area contributed by atoms with E-state index in [9.17, 15) is 4.79 Å². The monoisotopic (exact) mass is 246 g/mol. The largest absolute Gasteiger partial charge is 0.488 e. The smallest absolute Gasteiger partial charge is 0.134 e. The van der Waals surface area contributed by atoms with Gasteiger partial charge in [0.15, 0.2) is 0 Å². The molecule has 0 aliphatic rings. The van der Waals surface area contributed by atoms with Crippen molar-refractivity contribution in [1.29, 1.82) is 0 Å². The number of ether oxygens (including phenoxy) is 1. The number of hydrogen-bond acceptors (Lipinski definition) is 3. The van der Waals surface area contributed by atoms with Crippen molar-refractivity contribution in [2.75, 3.05) is 0 Å². The number of hydrogen-bond donors (Lipinski definition) is 0. The van der Waals surface area contributed by atoms with Crippen molar-refractivity contribution in [3.05, 3.63) is 52.2 Å². The lowest BCUT2D eigenvalue weighted by Gasteiger charge is -2.05. The maximum absolute atomic E-state index is 10.9. The van der Waals surface area contributed by atoms with Gasteiger partial charge in [0.2, 0.25) is 0 Å². The summed E-state index contributed by atoms with van der Waals surface area (Å²) in [5.74, 6) is 1.02. The van der Waals surface area contributed by atoms with E-state index in [1.807, 2.05) is 35.7 Å². The predicted octanol–water partition coefficient (Wildman–Crippen LogP) is 3.46. The zero-order valence-corrected chi connectivity index (χ0v) is 10.5. The van der Waals surface area contributed by atoms with Crippen molar-refractivity contribution >= 4 is 17.1 Å². The fraction of sp³-hybridized carbons (Fsp3) is 0.214. The van der Waals surface area contributed by atoms with E-state index in [0.717, 1.165) is 11.3 Å². The second-order valence-corrected chi connectivity index (χ2v) is 4.92. The van der Waals surface area contributed by atoms with Crippen molar-refractivity contribution in [3.8, 4) is 5.75 Å². The van der Waals surface area contributed by atoms with Crippen LogP contribution in [0, 0.1) is 0 Å². The number of carbonyl (C=O) groups excluding carboxylic acids is 1. The van der Waals surface area contributed by atoms with Crippen LogP contribution in [-0.4, -0.2) is 5.78 Å². The first kappa shape index (κ1) is 11.9. The van der Waals surface area contributed by atoms with Crippen molar-refractivity contribution in [1.82, 2.24) is 0 Å². The van der Waals surface area contributed by atoms with E-state index in [0.29, 0.717) is 13.0 Å². The molecule has 0 aliphatic heterocycles. The zero-order chi connectivity index (χ0) is 12.1. The number of Topliss-reactive ketones (excluding diaryl/α,β-unsaturated/α-hetero) is 1. The summed E-state index contributed by atoms with van der Waals surface area (Å²) in [6, 6.07) is 11.8. The normalized spacial score (nSPS) is 10.2. The summed E-state index contributed by atoms with van der Waals surface area (Å²) < 4.78 is 5.64. The van der Waals surface area contributed by atoms with Crippen molar-refractivity contribution in [3.63, 3.8) is 0 Å². The van der Waals surface area contributed by atoms with Gasteiger partial charge >= 0.3 is 0 Å². The molecule has 1 heterocycles. The SMILES string of the molecule is CC(=O)Cc1ccc(OCc2cccs2)cc1. The Kier molecular flexibility index (Phi) is 3.94. The zero-order valence-electron chi connectivity index (χ0n) is 9.68. The summed E-state index contributed by atoms with van der Waals surface area (Å²) in [5, 5.41) is 2.04. The van der Waals surface area contributed by atoms with Gasteiger partial charge < -0.3 is 4.74 Å². The molecule has 0 fully saturated rings. The van der Waals surface area contributed by atoms with E-state index >= 15 is 0 Å². The summed E-state index contributed by atoms with van der Waals surface area (Å²) in [6.07, 6.45) is 0.491. The summed E-state index contributed by atoms with van der Waals surface area (Å²) in [6.45, 7) is 2.20. The molecule has 88 valence electrons. The Morgan fingerprint density at radius 1 is 1.24 bits per heavy atom. The van der Waals surface area contributed by atoms with E-state index in [1.165, 1.54) is 4.88 Å². The van der Waals surface area contributed by atoms with Gasteiger partial charge in [-0.05, 0) is 36.1 Å². The molecule has 2 aromatic rings. The maximum atomic E-state index is 10.9. The molecule has 0 amide bonds. The van der Waals surface area contributed by atoms with Crippen LogP contribution in [0.5, 0.6) is 5.75 Å². The lowest BCUT2D eigenvalue weighted by Crippen LogP contribution is -1.97. The lowest BCUT2D eigenvalue weighted by molar-refractivity contribution is -0.116. The summed E-state index contributed by atoms with van der Waals surface area (Å²) in [5.41, 5.74) is 1.03. The molecule has 1 aromatic heterocycles. The quantitative estimate of drug-likeness (QED) is 0.807. The van der Waals surface area contributed by atoms with Gasteiger partial charge in [0.25, 0.3) is 0 Å². The van der Waals surface area contributed by atoms with Gasteiger partial charge in [-0.3, -0.25) is 4.79 Å². The maximum Gasteiger partial charge on any atom is 0.134 e. The third kappa shape index (κ3) is 3.71. The van der Waals surface area contributed by atoms with Gasteiger partial charge in [-0.1, -0.05) is 18.2 Å². The lowest BCUT2D eigenvalue weighted by atomic mass is 10.1. The average molecular weight is 246 g/mol. The van der Waals surface area contributed by atoms with Gasteiger partial charge in [-0.25, -0.2) is 0 Å². The molecule has 0 aliphatic carbocycles. The first-order valence-electron chi connectivity index (χ1n) is 5.47. The number of carbonyl (C=O) groups is 1. The highest BCUT2D eigenvalue weighted by Gasteiger charge is 1.99. The van der Waals surface area contributed by atoms with Crippen molar-refractivity contribution < 1.29 is 9.53 Å². The first-order valence-corrected chi connectivity index (χ1v) is 6.35. The number of thiophene rings is 1. The number of benzene rings is 1. The standard InChI is InChI=1S/C14H14O2S/c1-11(15)9-12-4-6-13(7-5-12)16-10-14-3-2-8-17-14/h2-8H,9-10H2,1H3. The third-order valence-electron chi connectivity index (χ3n) is 2.34. The minimum atomic E-state index is 0.178. The molecule has 3 heteroatoms. The average Bonchev–Trinajstić information content (AvgIpc) is 2.80. The fourth-order valence-electron chi connectivity index (χ4n) is 1.54. The van der Waals surface area contributed by atoms with Crippen LogP contribution in [0.25, 0.3) is 0 Å². The Morgan fingerprint density at radius 2 is 2.00 bits per heavy atom. The van der Waals surface area contributed by atoms with Crippen LogP contribution in [-0.2, 0) is 17.8 Å². The molecule has 0 unspecified atom stereocenters. The second-order valence-electron chi connectivity index (χ2n) is 3.89. The highest BCUT2D eigenvalue weighted by Crippen LogP contribution is 2.16. The minimum absolute atomic E-state index is 0.178. The molecule has 0 spiro atoms. The van der Waals surface area contributed by atoms with Crippen molar-refractivity contribution in [2.45, 2.75) is 20.0 Å². The fourth-order valence-corrected chi connectivity index (χ4v) is 2.16. The molecule has 2 nitrogen and oxygen atoms in total. The van der Waals surface area contributed by atoms with Crippen molar-refractivity contribution in [2.24, 2.45) is 0 Å². The van der Waals surface area contributed by atoms with E-state index in [1.54, 1.807) is 18.3 Å². The van der Waals surface area contributed by atoms with Gasteiger partial charge in [-0.15, -0.1) is 11.3 Å². The van der Waals surface area contributed by atoms with Crippen LogP contribution in [0.2, 0.25) is 0 Å². The summed E-state index contributed by atoms with van der Waals surface area (Å²) >= 11 is 1.68. The van der Waals surface area contributed by atoms with Crippen LogP contribution < -0.4 is 4.74 Å². The second kappa shape index (κ2) is 5.64. The summed E-state index contributed by atoms with van der Waals surface area (Å²) in [4.78, 5) is 12.2. The van der Waals surface area contributed by atoms with Gasteiger partial charge in [0.05, 0.1) is 0 Å². The van der Waals surface area contributed by atoms with Crippen LogP contribution in [0.15, 0.2) is 41.8 Å². The Bertz CT molecular complexity index is 471. The van der Waals surface area contributed by atoms with E-state index in [4.69, 9.17) is 4.74 Å². The molecule has 0 atom stereocenters. The Labute approximate surface area is 105 Å². The molecular weight excluding hydrogens is 232 g/mol. The molecule has 0 radical (unpaired) electrons. The molecule has 0 N–H and O–H groups in total. The van der Waals surface area contributed by atoms with Gasteiger partial charge in [0.1, 0.15) is 18.1 Å². The Morgan fingerprint density at radius 3 is 2.59 bits per heavy atom. The molecule has 0 bridgehead atoms. The van der Waals surface area contributed by atoms with Crippen LogP contribution in [0.4, 0.5) is 0 Å². The van der Waals surface area contributed by atoms with Crippen LogP contribution in [0.3, 0.4) is 0 Å². The Balaban J connectivity index is 1.91. The third-order valence-corrected chi connectivity index (χ3v) is 3.19. The van der Waals surface area contributed by atoms with E-state index < -0.39 is 0 Å². The van der Waals surface area contributed by atoms with Gasteiger partial charge in [0, 0.05) is 11.3 Å². The molecule has 0 saturated carbocycles. The minimum Gasteiger partial charge on any atom is -0.488 e. The van der Waals surface area contributed by atoms with E-state index in [-0.39, 0.29) is 5.78 Å². The number of rotatable bonds is 5. The predicted molar refractivity (Wildman–Crippen MR) is 69.5 cm³/mol. The van der Waals surface area contributed by atoms with E-state index in [2.05, 4.69) is 6.07 Å². The molecule has 0 saturated heterocycles. The molecule has 17 heavy (non-hydrogen) atoms. The van der Waals surface area contributed by atoms with Gasteiger partial charge in [-0.2, -0.15) is 0 Å². The van der Waals surface area contributed by atoms with Crippen LogP contribution >= 0.6 is 11.3 Å². The molecule has 1 aromatic carbocycles. The topological polar surface area (TPSA) is 26.3 Å². The highest BCUT2D eigenvalue weighted by atomic mass is 32.1. The summed E-state index contributed by atoms with van der Waals surface area (Å²) in [7, 11) is 0. The van der Waals surface area contributed by atoms with Crippen LogP contribution in [0.1, 0.15) is 17.4 Å². The molecule has 2 rings (SSSR count). The number of ketones is 1.